The van der Waals surface area contributed by atoms with E-state index in [1.54, 1.807) is 6.07 Å². The highest BCUT2D eigenvalue weighted by Crippen LogP contribution is 2.16. The van der Waals surface area contributed by atoms with Gasteiger partial charge in [-0.3, -0.25) is 4.79 Å². The molecule has 0 saturated heterocycles. The van der Waals surface area contributed by atoms with Gasteiger partial charge in [-0.05, 0) is 12.1 Å². The minimum Gasteiger partial charge on any atom is -0.419 e. The average molecular weight is 265 g/mol. The van der Waals surface area contributed by atoms with Crippen LogP contribution in [0.5, 0.6) is 0 Å². The van der Waals surface area contributed by atoms with Crippen molar-refractivity contribution in [2.45, 2.75) is 0 Å². The van der Waals surface area contributed by atoms with Gasteiger partial charge in [-0.25, -0.2) is 9.18 Å². The van der Waals surface area contributed by atoms with Crippen molar-refractivity contribution in [1.29, 1.82) is 0 Å². The lowest BCUT2D eigenvalue weighted by Crippen LogP contribution is -2.30. The van der Waals surface area contributed by atoms with E-state index in [9.17, 15) is 14.0 Å². The molecule has 0 saturated carbocycles. The Labute approximate surface area is 108 Å². The van der Waals surface area contributed by atoms with Crippen molar-refractivity contribution in [2.75, 3.05) is 20.3 Å². The fraction of sp³-hybridized carbons (Fsp3) is 0.231. The third-order valence-electron chi connectivity index (χ3n) is 2.55. The van der Waals surface area contributed by atoms with Crippen LogP contribution in [-0.4, -0.2) is 26.2 Å². The standard InChI is InChI=1S/C13H12FNO4/c1-18-6-5-15-12(16)9-7-8-3-2-4-10(14)11(8)19-13(9)17/h2-4,7H,5-6H2,1H3,(H,15,16). The Kier molecular flexibility index (Phi) is 3.91. The summed E-state index contributed by atoms with van der Waals surface area (Å²) in [5.74, 6) is -1.21. The van der Waals surface area contributed by atoms with Crippen LogP contribution in [0.2, 0.25) is 0 Å². The fourth-order valence-corrected chi connectivity index (χ4v) is 1.63. The molecule has 0 aliphatic heterocycles. The molecule has 0 spiro atoms. The molecule has 0 aliphatic carbocycles. The first-order valence-electron chi connectivity index (χ1n) is 5.63. The zero-order valence-electron chi connectivity index (χ0n) is 10.2. The molecule has 0 aliphatic rings. The van der Waals surface area contributed by atoms with Crippen LogP contribution < -0.4 is 10.9 Å². The molecule has 5 nitrogen and oxygen atoms in total. The van der Waals surface area contributed by atoms with Crippen molar-refractivity contribution in [1.82, 2.24) is 5.32 Å². The van der Waals surface area contributed by atoms with Gasteiger partial charge in [0.2, 0.25) is 0 Å². The third kappa shape index (κ3) is 2.79. The normalized spacial score (nSPS) is 10.6. The second kappa shape index (κ2) is 5.62. The van der Waals surface area contributed by atoms with Crippen molar-refractivity contribution < 1.29 is 18.3 Å². The Balaban J connectivity index is 2.36. The van der Waals surface area contributed by atoms with Crippen LogP contribution in [0.15, 0.2) is 33.5 Å². The number of carbonyl (C=O) groups excluding carboxylic acids is 1. The van der Waals surface area contributed by atoms with E-state index in [0.717, 1.165) is 0 Å². The van der Waals surface area contributed by atoms with E-state index in [0.29, 0.717) is 12.0 Å². The second-order valence-electron chi connectivity index (χ2n) is 3.85. The van der Waals surface area contributed by atoms with E-state index in [-0.39, 0.29) is 17.7 Å². The number of ether oxygens (including phenoxy) is 1. The van der Waals surface area contributed by atoms with Crippen LogP contribution in [0, 0.1) is 5.82 Å². The predicted molar refractivity (Wildman–Crippen MR) is 66.7 cm³/mol. The molecule has 6 heteroatoms. The number of benzene rings is 1. The van der Waals surface area contributed by atoms with Crippen LogP contribution in [0.25, 0.3) is 11.0 Å². The molecule has 19 heavy (non-hydrogen) atoms. The summed E-state index contributed by atoms with van der Waals surface area (Å²) in [5, 5.41) is 2.86. The molecular weight excluding hydrogens is 253 g/mol. The third-order valence-corrected chi connectivity index (χ3v) is 2.55. The smallest absolute Gasteiger partial charge is 0.349 e. The van der Waals surface area contributed by atoms with Crippen LogP contribution in [0.4, 0.5) is 4.39 Å². The Morgan fingerprint density at radius 1 is 1.47 bits per heavy atom. The van der Waals surface area contributed by atoms with Crippen LogP contribution in [0.3, 0.4) is 0 Å². The van der Waals surface area contributed by atoms with Gasteiger partial charge in [-0.15, -0.1) is 0 Å². The molecule has 1 aromatic carbocycles. The number of carbonyl (C=O) groups is 1. The van der Waals surface area contributed by atoms with Crippen LogP contribution in [-0.2, 0) is 4.74 Å². The van der Waals surface area contributed by atoms with Crippen LogP contribution in [0.1, 0.15) is 10.4 Å². The summed E-state index contributed by atoms with van der Waals surface area (Å²) in [5.41, 5.74) is -1.18. The number of methoxy groups -OCH3 is 1. The summed E-state index contributed by atoms with van der Waals surface area (Å²) in [6.07, 6.45) is 0. The number of halogens is 1. The predicted octanol–water partition coefficient (Wildman–Crippen LogP) is 1.31. The Hall–Kier alpha value is -2.21. The maximum Gasteiger partial charge on any atom is 0.349 e. The largest absolute Gasteiger partial charge is 0.419 e. The molecule has 1 N–H and O–H groups in total. The number of fused-ring (bicyclic) bond motifs is 1. The van der Waals surface area contributed by atoms with Gasteiger partial charge in [0, 0.05) is 19.0 Å². The molecule has 100 valence electrons. The van der Waals surface area contributed by atoms with E-state index >= 15 is 0 Å². The molecule has 2 rings (SSSR count). The summed E-state index contributed by atoms with van der Waals surface area (Å²) >= 11 is 0. The molecule has 0 radical (unpaired) electrons. The lowest BCUT2D eigenvalue weighted by molar-refractivity contribution is 0.0933. The summed E-state index contributed by atoms with van der Waals surface area (Å²) in [6, 6.07) is 5.54. The maximum atomic E-state index is 13.4. The SMILES string of the molecule is COCCNC(=O)c1cc2cccc(F)c2oc1=O. The summed E-state index contributed by atoms with van der Waals surface area (Å²) in [7, 11) is 1.50. The van der Waals surface area contributed by atoms with Gasteiger partial charge in [0.25, 0.3) is 5.91 Å². The van der Waals surface area contributed by atoms with Crippen molar-refractivity contribution in [3.8, 4) is 0 Å². The van der Waals surface area contributed by atoms with Gasteiger partial charge in [-0.2, -0.15) is 0 Å². The van der Waals surface area contributed by atoms with Gasteiger partial charge >= 0.3 is 5.63 Å². The number of rotatable bonds is 4. The number of nitrogens with one attached hydrogen (secondary N) is 1. The van der Waals surface area contributed by atoms with Crippen molar-refractivity contribution >= 4 is 16.9 Å². The van der Waals surface area contributed by atoms with Crippen molar-refractivity contribution in [3.63, 3.8) is 0 Å². The Morgan fingerprint density at radius 3 is 3.00 bits per heavy atom. The molecule has 2 aromatic rings. The van der Waals surface area contributed by atoms with Gasteiger partial charge < -0.3 is 14.5 Å². The van der Waals surface area contributed by atoms with E-state index in [1.165, 1.54) is 25.3 Å². The van der Waals surface area contributed by atoms with Crippen molar-refractivity contribution in [3.05, 3.63) is 46.1 Å². The van der Waals surface area contributed by atoms with E-state index in [2.05, 4.69) is 5.32 Å². The van der Waals surface area contributed by atoms with E-state index in [1.807, 2.05) is 0 Å². The minimum absolute atomic E-state index is 0.152. The highest BCUT2D eigenvalue weighted by Gasteiger charge is 2.14. The zero-order valence-corrected chi connectivity index (χ0v) is 10.2. The molecule has 0 fully saturated rings. The molecule has 1 aromatic heterocycles. The lowest BCUT2D eigenvalue weighted by atomic mass is 10.1. The first-order chi connectivity index (χ1) is 9.13. The van der Waals surface area contributed by atoms with E-state index < -0.39 is 17.3 Å². The first-order valence-corrected chi connectivity index (χ1v) is 5.63. The molecule has 1 amide bonds. The van der Waals surface area contributed by atoms with Crippen LogP contribution >= 0.6 is 0 Å². The average Bonchev–Trinajstić information content (AvgIpc) is 2.39. The molecular formula is C13H12FNO4. The number of hydrogen-bond donors (Lipinski definition) is 1. The summed E-state index contributed by atoms with van der Waals surface area (Å²) in [6.45, 7) is 0.606. The van der Waals surface area contributed by atoms with E-state index in [4.69, 9.17) is 9.15 Å². The minimum atomic E-state index is -0.868. The highest BCUT2D eigenvalue weighted by atomic mass is 19.1. The number of hydrogen-bond acceptors (Lipinski definition) is 4. The molecule has 1 heterocycles. The first kappa shape index (κ1) is 13.2. The van der Waals surface area contributed by atoms with Gasteiger partial charge in [0.1, 0.15) is 5.56 Å². The maximum absolute atomic E-state index is 13.4. The van der Waals surface area contributed by atoms with Gasteiger partial charge in [0.05, 0.1) is 6.61 Å². The van der Waals surface area contributed by atoms with Gasteiger partial charge in [0.15, 0.2) is 11.4 Å². The molecule has 0 bridgehead atoms. The second-order valence-corrected chi connectivity index (χ2v) is 3.85. The summed E-state index contributed by atoms with van der Waals surface area (Å²) < 4.78 is 23.0. The quantitative estimate of drug-likeness (QED) is 0.668. The number of amides is 1. The monoisotopic (exact) mass is 265 g/mol. The lowest BCUT2D eigenvalue weighted by Gasteiger charge is -2.04. The number of para-hydroxylation sites is 1. The van der Waals surface area contributed by atoms with Crippen molar-refractivity contribution in [2.24, 2.45) is 0 Å². The Morgan fingerprint density at radius 2 is 2.26 bits per heavy atom. The molecule has 0 unspecified atom stereocenters. The summed E-state index contributed by atoms with van der Waals surface area (Å²) in [4.78, 5) is 23.4. The molecule has 0 atom stereocenters. The van der Waals surface area contributed by atoms with Gasteiger partial charge in [-0.1, -0.05) is 12.1 Å². The zero-order chi connectivity index (χ0) is 13.8. The topological polar surface area (TPSA) is 68.5 Å². The highest BCUT2D eigenvalue weighted by molar-refractivity contribution is 5.96. The fourth-order valence-electron chi connectivity index (χ4n) is 1.63. The Bertz CT molecular complexity index is 665.